The SMILES string of the molecule is CCOC(=O)c1cc(C(=O)c2ccc(C)cc2)c(N)c2c(N)c(C#N)c(=O)[nH]c12. The smallest absolute Gasteiger partial charge is 0.340 e. The van der Waals surface area contributed by atoms with Gasteiger partial charge in [-0.3, -0.25) is 9.59 Å². The molecule has 0 radical (unpaired) electrons. The van der Waals surface area contributed by atoms with Crippen LogP contribution in [0.25, 0.3) is 10.9 Å². The summed E-state index contributed by atoms with van der Waals surface area (Å²) in [5, 5.41) is 9.30. The number of nitrogens with two attached hydrogens (primary N) is 2. The zero-order valence-electron chi connectivity index (χ0n) is 15.8. The number of hydrogen-bond donors (Lipinski definition) is 3. The highest BCUT2D eigenvalue weighted by molar-refractivity contribution is 6.21. The van der Waals surface area contributed by atoms with Gasteiger partial charge in [0, 0.05) is 16.5 Å². The Labute approximate surface area is 165 Å². The molecular formula is C21H18N4O4. The molecule has 146 valence electrons. The Balaban J connectivity index is 2.39. The molecule has 1 aromatic heterocycles. The fourth-order valence-corrected chi connectivity index (χ4v) is 3.06. The standard InChI is InChI=1S/C21H18N4O4/c1-3-29-21(28)13-8-12(19(26)11-6-4-10(2)5-7-11)16(23)15-17(24)14(9-22)20(27)25-18(13)15/h4-8H,3,23H2,1-2H3,(H3,24,25,27). The Kier molecular flexibility index (Phi) is 5.07. The number of aromatic amines is 1. The van der Waals surface area contributed by atoms with Gasteiger partial charge in [0.25, 0.3) is 5.56 Å². The predicted octanol–water partition coefficient (Wildman–Crippen LogP) is 2.28. The van der Waals surface area contributed by atoms with Gasteiger partial charge in [0.2, 0.25) is 0 Å². The third-order valence-electron chi connectivity index (χ3n) is 4.54. The molecule has 0 saturated carbocycles. The van der Waals surface area contributed by atoms with E-state index >= 15 is 0 Å². The third-order valence-corrected chi connectivity index (χ3v) is 4.54. The van der Waals surface area contributed by atoms with Gasteiger partial charge in [-0.25, -0.2) is 4.79 Å². The normalized spacial score (nSPS) is 10.5. The topological polar surface area (TPSA) is 152 Å². The van der Waals surface area contributed by atoms with E-state index in [1.807, 2.05) is 6.92 Å². The van der Waals surface area contributed by atoms with Crippen molar-refractivity contribution in [3.05, 3.63) is 68.5 Å². The number of rotatable bonds is 4. The van der Waals surface area contributed by atoms with Crippen LogP contribution in [0.2, 0.25) is 0 Å². The van der Waals surface area contributed by atoms with E-state index in [0.717, 1.165) is 5.56 Å². The number of nitrogen functional groups attached to an aromatic ring is 2. The second-order valence-electron chi connectivity index (χ2n) is 6.41. The summed E-state index contributed by atoms with van der Waals surface area (Å²) in [5.74, 6) is -1.19. The van der Waals surface area contributed by atoms with Crippen molar-refractivity contribution in [2.45, 2.75) is 13.8 Å². The molecule has 0 spiro atoms. The Morgan fingerprint density at radius 3 is 2.38 bits per heavy atom. The maximum atomic E-state index is 13.1. The van der Waals surface area contributed by atoms with Crippen molar-refractivity contribution in [2.24, 2.45) is 0 Å². The average Bonchev–Trinajstić information content (AvgIpc) is 2.68. The van der Waals surface area contributed by atoms with E-state index in [0.29, 0.717) is 5.56 Å². The summed E-state index contributed by atoms with van der Waals surface area (Å²) < 4.78 is 5.05. The largest absolute Gasteiger partial charge is 0.462 e. The molecule has 1 heterocycles. The molecule has 0 atom stereocenters. The van der Waals surface area contributed by atoms with Gasteiger partial charge in [-0.05, 0) is 19.9 Å². The van der Waals surface area contributed by atoms with Crippen molar-refractivity contribution in [3.8, 4) is 6.07 Å². The molecule has 5 N–H and O–H groups in total. The number of ether oxygens (including phenoxy) is 1. The number of H-pyrrole nitrogens is 1. The molecule has 0 aliphatic heterocycles. The molecule has 0 saturated heterocycles. The first-order valence-corrected chi connectivity index (χ1v) is 8.76. The van der Waals surface area contributed by atoms with Crippen LogP contribution < -0.4 is 17.0 Å². The van der Waals surface area contributed by atoms with E-state index in [4.69, 9.17) is 16.2 Å². The second kappa shape index (κ2) is 7.48. The third kappa shape index (κ3) is 3.30. The number of benzene rings is 2. The van der Waals surface area contributed by atoms with E-state index in [-0.39, 0.29) is 45.6 Å². The monoisotopic (exact) mass is 390 g/mol. The van der Waals surface area contributed by atoms with Crippen LogP contribution in [0.4, 0.5) is 11.4 Å². The molecule has 0 bridgehead atoms. The lowest BCUT2D eigenvalue weighted by atomic mass is 9.94. The Morgan fingerprint density at radius 1 is 1.14 bits per heavy atom. The first-order chi connectivity index (χ1) is 13.8. The van der Waals surface area contributed by atoms with Gasteiger partial charge in [-0.2, -0.15) is 5.26 Å². The van der Waals surface area contributed by atoms with Crippen LogP contribution in [0.5, 0.6) is 0 Å². The van der Waals surface area contributed by atoms with Crippen molar-refractivity contribution in [1.29, 1.82) is 5.26 Å². The van der Waals surface area contributed by atoms with Gasteiger partial charge in [-0.15, -0.1) is 0 Å². The first kappa shape index (κ1) is 19.6. The maximum absolute atomic E-state index is 13.1. The number of carbonyl (C=O) groups is 2. The molecule has 8 nitrogen and oxygen atoms in total. The van der Waals surface area contributed by atoms with Gasteiger partial charge in [0.15, 0.2) is 5.78 Å². The number of aryl methyl sites for hydroxylation is 1. The summed E-state index contributed by atoms with van der Waals surface area (Å²) in [7, 11) is 0. The molecule has 0 aliphatic carbocycles. The quantitative estimate of drug-likeness (QED) is 0.351. The molecule has 29 heavy (non-hydrogen) atoms. The molecular weight excluding hydrogens is 372 g/mol. The lowest BCUT2D eigenvalue weighted by molar-refractivity contribution is 0.0528. The van der Waals surface area contributed by atoms with Crippen molar-refractivity contribution < 1.29 is 14.3 Å². The van der Waals surface area contributed by atoms with Gasteiger partial charge in [0.05, 0.1) is 29.1 Å². The summed E-state index contributed by atoms with van der Waals surface area (Å²) in [6.45, 7) is 3.60. The first-order valence-electron chi connectivity index (χ1n) is 8.76. The van der Waals surface area contributed by atoms with E-state index in [1.165, 1.54) is 6.07 Å². The zero-order valence-corrected chi connectivity index (χ0v) is 15.8. The van der Waals surface area contributed by atoms with Crippen LogP contribution in [0.3, 0.4) is 0 Å². The number of pyridine rings is 1. The summed E-state index contributed by atoms with van der Waals surface area (Å²) in [6.07, 6.45) is 0. The minimum atomic E-state index is -0.764. The molecule has 0 aliphatic rings. The second-order valence-corrected chi connectivity index (χ2v) is 6.41. The number of ketones is 1. The van der Waals surface area contributed by atoms with Crippen LogP contribution in [0.15, 0.2) is 35.1 Å². The van der Waals surface area contributed by atoms with Gasteiger partial charge < -0.3 is 21.2 Å². The van der Waals surface area contributed by atoms with Crippen LogP contribution >= 0.6 is 0 Å². The van der Waals surface area contributed by atoms with Gasteiger partial charge >= 0.3 is 5.97 Å². The van der Waals surface area contributed by atoms with Crippen LogP contribution in [0, 0.1) is 18.3 Å². The van der Waals surface area contributed by atoms with Crippen molar-refractivity contribution in [1.82, 2.24) is 4.98 Å². The number of anilines is 2. The summed E-state index contributed by atoms with van der Waals surface area (Å²) in [5.41, 5.74) is 12.2. The summed E-state index contributed by atoms with van der Waals surface area (Å²) >= 11 is 0. The fourth-order valence-electron chi connectivity index (χ4n) is 3.06. The number of fused-ring (bicyclic) bond motifs is 1. The minimum Gasteiger partial charge on any atom is -0.462 e. The Bertz CT molecular complexity index is 1250. The molecule has 3 rings (SSSR count). The highest BCUT2D eigenvalue weighted by Gasteiger charge is 2.24. The highest BCUT2D eigenvalue weighted by Crippen LogP contribution is 2.33. The highest BCUT2D eigenvalue weighted by atomic mass is 16.5. The molecule has 0 amide bonds. The fraction of sp³-hybridized carbons (Fsp3) is 0.143. The molecule has 2 aromatic carbocycles. The molecule has 0 fully saturated rings. The molecule has 3 aromatic rings. The van der Waals surface area contributed by atoms with Crippen LogP contribution in [-0.2, 0) is 4.74 Å². The number of hydrogen-bond acceptors (Lipinski definition) is 7. The Hall–Kier alpha value is -4.12. The van der Waals surface area contributed by atoms with E-state index in [1.54, 1.807) is 37.3 Å². The zero-order chi connectivity index (χ0) is 21.3. The number of nitriles is 1. The van der Waals surface area contributed by atoms with Crippen LogP contribution in [0.1, 0.15) is 44.3 Å². The predicted molar refractivity (Wildman–Crippen MR) is 109 cm³/mol. The van der Waals surface area contributed by atoms with Crippen molar-refractivity contribution in [2.75, 3.05) is 18.1 Å². The van der Waals surface area contributed by atoms with Crippen molar-refractivity contribution in [3.63, 3.8) is 0 Å². The van der Waals surface area contributed by atoms with Gasteiger partial charge in [-0.1, -0.05) is 29.8 Å². The van der Waals surface area contributed by atoms with Crippen molar-refractivity contribution >= 4 is 34.0 Å². The lowest BCUT2D eigenvalue weighted by Gasteiger charge is -2.15. The van der Waals surface area contributed by atoms with Gasteiger partial charge in [0.1, 0.15) is 11.6 Å². The maximum Gasteiger partial charge on any atom is 0.340 e. The van der Waals surface area contributed by atoms with E-state index in [2.05, 4.69) is 4.98 Å². The number of nitrogens with one attached hydrogen (secondary N) is 1. The molecule has 8 heteroatoms. The number of nitrogens with zero attached hydrogens (tertiary/aromatic N) is 1. The number of carbonyl (C=O) groups excluding carboxylic acids is 2. The van der Waals surface area contributed by atoms with Crippen LogP contribution in [-0.4, -0.2) is 23.3 Å². The molecule has 0 unspecified atom stereocenters. The summed E-state index contributed by atoms with van der Waals surface area (Å²) in [4.78, 5) is 40.2. The Morgan fingerprint density at radius 2 is 1.79 bits per heavy atom. The average molecular weight is 390 g/mol. The number of esters is 1. The van der Waals surface area contributed by atoms with E-state index in [9.17, 15) is 19.6 Å². The number of aromatic nitrogens is 1. The minimum absolute atomic E-state index is 0.0166. The lowest BCUT2D eigenvalue weighted by Crippen LogP contribution is -2.18. The summed E-state index contributed by atoms with van der Waals surface area (Å²) in [6, 6.07) is 9.83. The van der Waals surface area contributed by atoms with E-state index < -0.39 is 17.3 Å².